The molecule has 0 atom stereocenters. The summed E-state index contributed by atoms with van der Waals surface area (Å²) in [5.41, 5.74) is 0.965. The Labute approximate surface area is 185 Å². The number of anilines is 1. The Morgan fingerprint density at radius 2 is 1.65 bits per heavy atom. The van der Waals surface area contributed by atoms with Crippen molar-refractivity contribution >= 4 is 21.6 Å². The fourth-order valence-corrected chi connectivity index (χ4v) is 4.63. The van der Waals surface area contributed by atoms with E-state index in [2.05, 4.69) is 5.32 Å². The van der Waals surface area contributed by atoms with E-state index in [9.17, 15) is 13.2 Å². The Hall–Kier alpha value is -2.42. The van der Waals surface area contributed by atoms with Crippen molar-refractivity contribution in [2.45, 2.75) is 38.5 Å². The molecule has 0 radical (unpaired) electrons. The van der Waals surface area contributed by atoms with E-state index >= 15 is 0 Å². The molecule has 0 bridgehead atoms. The quantitative estimate of drug-likeness (QED) is 0.465. The highest BCUT2D eigenvalue weighted by molar-refractivity contribution is 7.89. The third-order valence-corrected chi connectivity index (χ3v) is 6.41. The second-order valence-corrected chi connectivity index (χ2v) is 8.89. The van der Waals surface area contributed by atoms with Crippen LogP contribution in [0.25, 0.3) is 0 Å². The zero-order valence-electron chi connectivity index (χ0n) is 18.5. The van der Waals surface area contributed by atoms with Gasteiger partial charge in [-0.1, -0.05) is 19.9 Å². The predicted molar refractivity (Wildman–Crippen MR) is 122 cm³/mol. The van der Waals surface area contributed by atoms with Gasteiger partial charge in [-0.25, -0.2) is 8.42 Å². The first-order chi connectivity index (χ1) is 14.9. The van der Waals surface area contributed by atoms with Gasteiger partial charge in [-0.15, -0.1) is 0 Å². The van der Waals surface area contributed by atoms with Gasteiger partial charge in [0.25, 0.3) is 5.91 Å². The lowest BCUT2D eigenvalue weighted by Crippen LogP contribution is -2.32. The van der Waals surface area contributed by atoms with Crippen molar-refractivity contribution in [2.75, 3.05) is 38.2 Å². The number of carbonyl (C=O) groups excluding carboxylic acids is 1. The van der Waals surface area contributed by atoms with Crippen molar-refractivity contribution in [3.8, 4) is 5.75 Å². The first-order valence-electron chi connectivity index (χ1n) is 10.6. The predicted octanol–water partition coefficient (Wildman–Crippen LogP) is 4.16. The summed E-state index contributed by atoms with van der Waals surface area (Å²) in [5.74, 6) is 0.283. The van der Waals surface area contributed by atoms with Crippen LogP contribution in [-0.4, -0.2) is 51.5 Å². The first-order valence-corrected chi connectivity index (χ1v) is 12.1. The number of benzene rings is 2. The van der Waals surface area contributed by atoms with Crippen LogP contribution >= 0.6 is 0 Å². The first kappa shape index (κ1) is 24.8. The van der Waals surface area contributed by atoms with Crippen LogP contribution in [0.1, 0.15) is 44.0 Å². The van der Waals surface area contributed by atoms with E-state index in [4.69, 9.17) is 9.47 Å². The van der Waals surface area contributed by atoms with E-state index in [1.54, 1.807) is 36.4 Å². The topological polar surface area (TPSA) is 84.9 Å². The number of carbonyl (C=O) groups is 1. The minimum Gasteiger partial charge on any atom is -0.491 e. The average Bonchev–Trinajstić information content (AvgIpc) is 2.77. The molecule has 1 N–H and O–H groups in total. The maximum Gasteiger partial charge on any atom is 0.255 e. The Kier molecular flexibility index (Phi) is 9.97. The molecular weight excluding hydrogens is 416 g/mol. The molecule has 8 heteroatoms. The molecule has 31 heavy (non-hydrogen) atoms. The molecule has 0 heterocycles. The third-order valence-electron chi connectivity index (χ3n) is 4.49. The van der Waals surface area contributed by atoms with Crippen LogP contribution in [-0.2, 0) is 14.8 Å². The highest BCUT2D eigenvalue weighted by Gasteiger charge is 2.22. The van der Waals surface area contributed by atoms with Gasteiger partial charge in [-0.3, -0.25) is 4.79 Å². The molecule has 2 rings (SSSR count). The number of hydrogen-bond donors (Lipinski definition) is 1. The third kappa shape index (κ3) is 7.34. The number of amides is 1. The van der Waals surface area contributed by atoms with E-state index in [-0.39, 0.29) is 10.8 Å². The molecule has 1 amide bonds. The fourth-order valence-electron chi connectivity index (χ4n) is 3.00. The summed E-state index contributed by atoms with van der Waals surface area (Å²) in [6.45, 7) is 8.31. The molecular formula is C23H32N2O5S. The lowest BCUT2D eigenvalue weighted by molar-refractivity contribution is 0.102. The van der Waals surface area contributed by atoms with Crippen LogP contribution in [0.4, 0.5) is 5.69 Å². The van der Waals surface area contributed by atoms with E-state index < -0.39 is 10.0 Å². The molecule has 0 aromatic heterocycles. The lowest BCUT2D eigenvalue weighted by atomic mass is 10.2. The van der Waals surface area contributed by atoms with Crippen LogP contribution in [0, 0.1) is 0 Å². The lowest BCUT2D eigenvalue weighted by Gasteiger charge is -2.21. The zero-order valence-corrected chi connectivity index (χ0v) is 19.3. The van der Waals surface area contributed by atoms with Crippen LogP contribution < -0.4 is 10.1 Å². The Morgan fingerprint density at radius 3 is 2.26 bits per heavy atom. The summed E-state index contributed by atoms with van der Waals surface area (Å²) in [7, 11) is -3.55. The highest BCUT2D eigenvalue weighted by Crippen LogP contribution is 2.20. The van der Waals surface area contributed by atoms with Gasteiger partial charge in [0.15, 0.2) is 0 Å². The molecule has 0 spiro atoms. The minimum atomic E-state index is -3.55. The van der Waals surface area contributed by atoms with Gasteiger partial charge in [-0.2, -0.15) is 4.31 Å². The highest BCUT2D eigenvalue weighted by atomic mass is 32.2. The van der Waals surface area contributed by atoms with E-state index in [1.165, 1.54) is 16.4 Å². The minimum absolute atomic E-state index is 0.220. The number of sulfonamides is 1. The molecule has 0 unspecified atom stereocenters. The van der Waals surface area contributed by atoms with Crippen molar-refractivity contribution in [1.29, 1.82) is 0 Å². The van der Waals surface area contributed by atoms with Gasteiger partial charge in [0, 0.05) is 30.9 Å². The van der Waals surface area contributed by atoms with Crippen molar-refractivity contribution in [3.63, 3.8) is 0 Å². The van der Waals surface area contributed by atoms with Gasteiger partial charge < -0.3 is 14.8 Å². The van der Waals surface area contributed by atoms with Crippen molar-refractivity contribution in [1.82, 2.24) is 4.31 Å². The van der Waals surface area contributed by atoms with Crippen LogP contribution in [0.5, 0.6) is 5.75 Å². The molecule has 0 aliphatic rings. The summed E-state index contributed by atoms with van der Waals surface area (Å²) >= 11 is 0. The molecule has 0 aliphatic heterocycles. The van der Waals surface area contributed by atoms with Crippen LogP contribution in [0.2, 0.25) is 0 Å². The molecule has 0 saturated heterocycles. The summed E-state index contributed by atoms with van der Waals surface area (Å²) in [5, 5.41) is 2.79. The van der Waals surface area contributed by atoms with Gasteiger partial charge in [0.2, 0.25) is 10.0 Å². The van der Waals surface area contributed by atoms with Crippen LogP contribution in [0.3, 0.4) is 0 Å². The molecule has 170 valence electrons. The van der Waals surface area contributed by atoms with Gasteiger partial charge in [0.05, 0.1) is 11.5 Å². The number of rotatable bonds is 13. The van der Waals surface area contributed by atoms with Crippen molar-refractivity contribution in [3.05, 3.63) is 54.1 Å². The molecule has 2 aromatic rings. The summed E-state index contributed by atoms with van der Waals surface area (Å²) in [6.07, 6.45) is 1.50. The number of ether oxygens (including phenoxy) is 2. The molecule has 7 nitrogen and oxygen atoms in total. The second-order valence-electron chi connectivity index (χ2n) is 6.96. The maximum atomic E-state index is 12.8. The maximum absolute atomic E-state index is 12.8. The van der Waals surface area contributed by atoms with Gasteiger partial charge in [0.1, 0.15) is 12.4 Å². The smallest absolute Gasteiger partial charge is 0.255 e. The molecule has 2 aromatic carbocycles. The second kappa shape index (κ2) is 12.4. The summed E-state index contributed by atoms with van der Waals surface area (Å²) in [6, 6.07) is 13.1. The monoisotopic (exact) mass is 448 g/mol. The van der Waals surface area contributed by atoms with Gasteiger partial charge >= 0.3 is 0 Å². The van der Waals surface area contributed by atoms with Crippen molar-refractivity contribution in [2.24, 2.45) is 0 Å². The van der Waals surface area contributed by atoms with E-state index in [1.807, 2.05) is 20.8 Å². The molecule has 0 fully saturated rings. The summed E-state index contributed by atoms with van der Waals surface area (Å²) in [4.78, 5) is 12.8. The van der Waals surface area contributed by atoms with E-state index in [0.717, 1.165) is 12.8 Å². The summed E-state index contributed by atoms with van der Waals surface area (Å²) < 4.78 is 38.0. The number of hydrogen-bond acceptors (Lipinski definition) is 5. The SMILES string of the molecule is CCCN(CCC)S(=O)(=O)c1ccc(NC(=O)c2cccc(OCCOCC)c2)cc1. The number of nitrogens with zero attached hydrogens (tertiary/aromatic N) is 1. The van der Waals surface area contributed by atoms with Crippen molar-refractivity contribution < 1.29 is 22.7 Å². The van der Waals surface area contributed by atoms with Gasteiger partial charge in [-0.05, 0) is 62.2 Å². The Morgan fingerprint density at radius 1 is 0.968 bits per heavy atom. The molecule has 0 saturated carbocycles. The largest absolute Gasteiger partial charge is 0.491 e. The zero-order chi connectivity index (χ0) is 22.7. The molecule has 0 aliphatic carbocycles. The normalized spacial score (nSPS) is 11.5. The fraction of sp³-hybridized carbons (Fsp3) is 0.435. The van der Waals surface area contributed by atoms with E-state index in [0.29, 0.717) is 49.9 Å². The number of nitrogens with one attached hydrogen (secondary N) is 1. The average molecular weight is 449 g/mol. The Balaban J connectivity index is 2.05. The Bertz CT molecular complexity index is 923. The standard InChI is InChI=1S/C23H32N2O5S/c1-4-14-25(15-5-2)31(27,28)22-12-10-20(11-13-22)24-23(26)19-8-7-9-21(18-19)30-17-16-29-6-3/h7-13,18H,4-6,14-17H2,1-3H3,(H,24,26). The van der Waals surface area contributed by atoms with Crippen LogP contribution in [0.15, 0.2) is 53.4 Å².